The second-order valence-electron chi connectivity index (χ2n) is 7.02. The van der Waals surface area contributed by atoms with Crippen molar-refractivity contribution < 1.29 is 9.53 Å². The molecule has 6 heteroatoms. The van der Waals surface area contributed by atoms with E-state index in [0.29, 0.717) is 21.0 Å². The zero-order valence-electron chi connectivity index (χ0n) is 16.6. The van der Waals surface area contributed by atoms with Gasteiger partial charge in [0.05, 0.1) is 17.7 Å². The molecule has 3 rings (SSSR count). The molecular weight excluding hydrogens is 392 g/mol. The van der Waals surface area contributed by atoms with Gasteiger partial charge in [-0.2, -0.15) is 0 Å². The summed E-state index contributed by atoms with van der Waals surface area (Å²) in [6.45, 7) is 8.22. The molecule has 0 saturated carbocycles. The van der Waals surface area contributed by atoms with Crippen molar-refractivity contribution in [3.63, 3.8) is 0 Å². The van der Waals surface area contributed by atoms with Gasteiger partial charge in [0.15, 0.2) is 5.17 Å². The number of carbonyl (C=O) groups is 1. The molecule has 1 aliphatic heterocycles. The summed E-state index contributed by atoms with van der Waals surface area (Å²) in [7, 11) is 1.68. The van der Waals surface area contributed by atoms with Crippen molar-refractivity contribution in [1.29, 1.82) is 0 Å². The average Bonchev–Trinajstić information content (AvgIpc) is 2.98. The van der Waals surface area contributed by atoms with Gasteiger partial charge in [0, 0.05) is 5.02 Å². The van der Waals surface area contributed by atoms with Gasteiger partial charge in [0.25, 0.3) is 5.91 Å². The number of halogens is 1. The average molecular weight is 415 g/mol. The van der Waals surface area contributed by atoms with Crippen molar-refractivity contribution in [3.05, 3.63) is 62.5 Å². The smallest absolute Gasteiger partial charge is 0.264 e. The van der Waals surface area contributed by atoms with Gasteiger partial charge in [-0.05, 0) is 84.1 Å². The first-order chi connectivity index (χ1) is 13.3. The number of carbonyl (C=O) groups excluding carboxylic acids is 1. The molecule has 2 aromatic carbocycles. The Morgan fingerprint density at radius 3 is 2.61 bits per heavy atom. The van der Waals surface area contributed by atoms with Crippen LogP contribution in [0.4, 0.5) is 5.69 Å². The SMILES string of the molecule is COc1cc(C)c(/C=C2\SC(=Nc3cc(Cl)ccc3C)NC2=O)cc1C(C)C. The third-order valence-corrected chi connectivity index (χ3v) is 5.72. The second kappa shape index (κ2) is 8.41. The van der Waals surface area contributed by atoms with E-state index in [0.717, 1.165) is 33.7 Å². The monoisotopic (exact) mass is 414 g/mol. The first-order valence-electron chi connectivity index (χ1n) is 9.02. The zero-order chi connectivity index (χ0) is 20.4. The van der Waals surface area contributed by atoms with Crippen molar-refractivity contribution in [2.75, 3.05) is 7.11 Å². The second-order valence-corrected chi connectivity index (χ2v) is 8.49. The lowest BCUT2D eigenvalue weighted by molar-refractivity contribution is -0.115. The number of benzene rings is 2. The maximum Gasteiger partial charge on any atom is 0.264 e. The summed E-state index contributed by atoms with van der Waals surface area (Å²) in [5, 5.41) is 4.01. The van der Waals surface area contributed by atoms with Crippen LogP contribution in [-0.2, 0) is 4.79 Å². The first-order valence-corrected chi connectivity index (χ1v) is 10.2. The Morgan fingerprint density at radius 2 is 1.93 bits per heavy atom. The summed E-state index contributed by atoms with van der Waals surface area (Å²) in [5.41, 5.74) is 4.92. The largest absolute Gasteiger partial charge is 0.496 e. The van der Waals surface area contributed by atoms with Crippen molar-refractivity contribution in [1.82, 2.24) is 5.32 Å². The number of thioether (sulfide) groups is 1. The third-order valence-electron chi connectivity index (χ3n) is 4.57. The van der Waals surface area contributed by atoms with Crippen LogP contribution in [-0.4, -0.2) is 18.2 Å². The number of hydrogen-bond donors (Lipinski definition) is 1. The molecule has 1 heterocycles. The minimum Gasteiger partial charge on any atom is -0.496 e. The molecule has 146 valence electrons. The van der Waals surface area contributed by atoms with Crippen LogP contribution in [0.15, 0.2) is 40.2 Å². The minimum absolute atomic E-state index is 0.148. The zero-order valence-corrected chi connectivity index (χ0v) is 18.2. The Hall–Kier alpha value is -2.24. The molecule has 1 amide bonds. The normalized spacial score (nSPS) is 16.9. The van der Waals surface area contributed by atoms with Gasteiger partial charge in [0.1, 0.15) is 5.75 Å². The van der Waals surface area contributed by atoms with Crippen molar-refractivity contribution in [2.45, 2.75) is 33.6 Å². The lowest BCUT2D eigenvalue weighted by atomic mass is 9.96. The van der Waals surface area contributed by atoms with Crippen LogP contribution in [0.5, 0.6) is 5.75 Å². The highest BCUT2D eigenvalue weighted by atomic mass is 35.5. The van der Waals surface area contributed by atoms with E-state index in [4.69, 9.17) is 16.3 Å². The summed E-state index contributed by atoms with van der Waals surface area (Å²) in [4.78, 5) is 17.6. The van der Waals surface area contributed by atoms with Crippen LogP contribution < -0.4 is 10.1 Å². The molecular formula is C22H23ClN2O2S. The molecule has 0 unspecified atom stereocenters. The predicted octanol–water partition coefficient (Wildman–Crippen LogP) is 5.98. The summed E-state index contributed by atoms with van der Waals surface area (Å²) >= 11 is 7.40. The van der Waals surface area contributed by atoms with Crippen LogP contribution in [0.3, 0.4) is 0 Å². The lowest BCUT2D eigenvalue weighted by Gasteiger charge is -2.14. The van der Waals surface area contributed by atoms with Crippen LogP contribution in [0.25, 0.3) is 6.08 Å². The van der Waals surface area contributed by atoms with E-state index in [-0.39, 0.29) is 5.91 Å². The Balaban J connectivity index is 1.94. The van der Waals surface area contributed by atoms with E-state index in [1.54, 1.807) is 13.2 Å². The van der Waals surface area contributed by atoms with Crippen LogP contribution in [0.2, 0.25) is 5.02 Å². The van der Waals surface area contributed by atoms with Crippen molar-refractivity contribution >= 4 is 46.2 Å². The van der Waals surface area contributed by atoms with E-state index in [1.807, 2.05) is 38.1 Å². The molecule has 1 N–H and O–H groups in total. The Kier molecular flexibility index (Phi) is 6.16. The highest BCUT2D eigenvalue weighted by molar-refractivity contribution is 8.18. The van der Waals surface area contributed by atoms with E-state index < -0.39 is 0 Å². The van der Waals surface area contributed by atoms with Crippen LogP contribution in [0.1, 0.15) is 42.0 Å². The number of aliphatic imine (C=N–C) groups is 1. The number of hydrogen-bond acceptors (Lipinski definition) is 4. The first kappa shape index (κ1) is 20.5. The van der Waals surface area contributed by atoms with E-state index >= 15 is 0 Å². The third kappa shape index (κ3) is 4.42. The number of rotatable bonds is 4. The fourth-order valence-electron chi connectivity index (χ4n) is 2.93. The fourth-order valence-corrected chi connectivity index (χ4v) is 3.93. The highest BCUT2D eigenvalue weighted by Crippen LogP contribution is 2.34. The molecule has 0 atom stereocenters. The lowest BCUT2D eigenvalue weighted by Crippen LogP contribution is -2.19. The summed E-state index contributed by atoms with van der Waals surface area (Å²) in [6.07, 6.45) is 1.91. The van der Waals surface area contributed by atoms with Crippen LogP contribution in [0, 0.1) is 13.8 Å². The quantitative estimate of drug-likeness (QED) is 0.626. The molecule has 2 aromatic rings. The van der Waals surface area contributed by atoms with Gasteiger partial charge in [-0.3, -0.25) is 4.79 Å². The van der Waals surface area contributed by atoms with Crippen molar-refractivity contribution in [2.24, 2.45) is 4.99 Å². The van der Waals surface area contributed by atoms with Gasteiger partial charge in [-0.1, -0.05) is 31.5 Å². The molecule has 28 heavy (non-hydrogen) atoms. The van der Waals surface area contributed by atoms with Gasteiger partial charge in [-0.15, -0.1) is 0 Å². The number of amidine groups is 1. The number of ether oxygens (including phenoxy) is 1. The molecule has 4 nitrogen and oxygen atoms in total. The molecule has 0 bridgehead atoms. The Labute approximate surface area is 175 Å². The molecule has 0 aromatic heterocycles. The maximum absolute atomic E-state index is 12.5. The fraction of sp³-hybridized carbons (Fsp3) is 0.273. The van der Waals surface area contributed by atoms with Gasteiger partial charge >= 0.3 is 0 Å². The number of nitrogens with zero attached hydrogens (tertiary/aromatic N) is 1. The highest BCUT2D eigenvalue weighted by Gasteiger charge is 2.24. The number of aryl methyl sites for hydroxylation is 2. The van der Waals surface area contributed by atoms with Gasteiger partial charge < -0.3 is 10.1 Å². The van der Waals surface area contributed by atoms with E-state index in [9.17, 15) is 4.79 Å². The Bertz CT molecular complexity index is 996. The number of amides is 1. The topological polar surface area (TPSA) is 50.7 Å². The molecule has 0 aliphatic carbocycles. The van der Waals surface area contributed by atoms with Crippen LogP contribution >= 0.6 is 23.4 Å². The number of methoxy groups -OCH3 is 1. The standard InChI is InChI=1S/C22H23ClN2O2S/c1-12(2)17-9-15(14(4)8-19(17)27-5)10-20-21(26)25-22(28-20)24-18-11-16(23)7-6-13(18)3/h6-12H,1-5H3,(H,24,25,26)/b20-10-. The molecule has 1 saturated heterocycles. The molecule has 1 aliphatic rings. The minimum atomic E-state index is -0.148. The maximum atomic E-state index is 12.5. The summed E-state index contributed by atoms with van der Waals surface area (Å²) < 4.78 is 5.50. The van der Waals surface area contributed by atoms with Gasteiger partial charge in [0.2, 0.25) is 0 Å². The van der Waals surface area contributed by atoms with Gasteiger partial charge in [-0.25, -0.2) is 4.99 Å². The molecule has 0 radical (unpaired) electrons. The van der Waals surface area contributed by atoms with E-state index in [2.05, 4.69) is 30.2 Å². The summed E-state index contributed by atoms with van der Waals surface area (Å²) in [6, 6.07) is 9.64. The molecule has 0 spiro atoms. The number of nitrogens with one attached hydrogen (secondary N) is 1. The Morgan fingerprint density at radius 1 is 1.18 bits per heavy atom. The predicted molar refractivity (Wildman–Crippen MR) is 119 cm³/mol. The van der Waals surface area contributed by atoms with Crippen molar-refractivity contribution in [3.8, 4) is 5.75 Å². The molecule has 1 fully saturated rings. The van der Waals surface area contributed by atoms with E-state index in [1.165, 1.54) is 11.8 Å². The summed E-state index contributed by atoms with van der Waals surface area (Å²) in [5.74, 6) is 1.04.